The maximum atomic E-state index is 12.9. The van der Waals surface area contributed by atoms with Gasteiger partial charge in [0.15, 0.2) is 0 Å². The van der Waals surface area contributed by atoms with Crippen molar-refractivity contribution in [3.8, 4) is 0 Å². The molecule has 0 unspecified atom stereocenters. The maximum Gasteiger partial charge on any atom is 0.255 e. The largest absolute Gasteiger partial charge is 0.394 e. The lowest BCUT2D eigenvalue weighted by Crippen LogP contribution is -2.54. The molecular weight excluding hydrogens is 304 g/mol. The predicted molar refractivity (Wildman–Crippen MR) is 93.4 cm³/mol. The number of aliphatic hydroxyl groups is 1. The molecule has 0 radical (unpaired) electrons. The van der Waals surface area contributed by atoms with Crippen LogP contribution in [0.15, 0.2) is 24.3 Å². The van der Waals surface area contributed by atoms with E-state index in [-0.39, 0.29) is 36.3 Å². The molecule has 0 saturated carbocycles. The molecular formula is C19H28N2O3. The van der Waals surface area contributed by atoms with Gasteiger partial charge in [0.25, 0.3) is 5.91 Å². The summed E-state index contributed by atoms with van der Waals surface area (Å²) in [6, 6.07) is 6.68. The van der Waals surface area contributed by atoms with E-state index in [9.17, 15) is 14.7 Å². The molecule has 1 aromatic rings. The van der Waals surface area contributed by atoms with Gasteiger partial charge in [-0.15, -0.1) is 0 Å². The molecule has 0 fully saturated rings. The Kier molecular flexibility index (Phi) is 5.99. The lowest BCUT2D eigenvalue weighted by Gasteiger charge is -2.33. The molecule has 0 saturated heterocycles. The Labute approximate surface area is 144 Å². The van der Waals surface area contributed by atoms with Crippen molar-refractivity contribution < 1.29 is 14.7 Å². The number of aliphatic hydroxyl groups excluding tert-OH is 1. The van der Waals surface area contributed by atoms with Crippen molar-refractivity contribution in [3.05, 3.63) is 35.4 Å². The second-order valence-electron chi connectivity index (χ2n) is 6.96. The molecule has 5 heteroatoms. The normalized spacial score (nSPS) is 17.6. The van der Waals surface area contributed by atoms with Gasteiger partial charge in [0.05, 0.1) is 12.6 Å². The third-order valence-electron chi connectivity index (χ3n) is 4.97. The Morgan fingerprint density at radius 3 is 2.50 bits per heavy atom. The Morgan fingerprint density at radius 1 is 1.29 bits per heavy atom. The van der Waals surface area contributed by atoms with Crippen molar-refractivity contribution in [2.24, 2.45) is 11.8 Å². The van der Waals surface area contributed by atoms with Gasteiger partial charge in [0, 0.05) is 12.1 Å². The highest BCUT2D eigenvalue weighted by Crippen LogP contribution is 2.28. The van der Waals surface area contributed by atoms with E-state index in [0.717, 1.165) is 12.0 Å². The van der Waals surface area contributed by atoms with Crippen molar-refractivity contribution in [1.29, 1.82) is 0 Å². The number of hydrogen-bond donors (Lipinski definition) is 2. The van der Waals surface area contributed by atoms with Crippen LogP contribution in [0.4, 0.5) is 0 Å². The number of carbonyl (C=O) groups excluding carboxylic acids is 2. The number of amides is 2. The molecule has 1 aliphatic heterocycles. The molecule has 1 aliphatic rings. The molecule has 132 valence electrons. The molecule has 1 heterocycles. The summed E-state index contributed by atoms with van der Waals surface area (Å²) in [6.07, 6.45) is 0.795. The molecule has 0 aliphatic carbocycles. The quantitative estimate of drug-likeness (QED) is 0.804. The van der Waals surface area contributed by atoms with Gasteiger partial charge < -0.3 is 15.3 Å². The number of carbonyl (C=O) groups is 2. The van der Waals surface area contributed by atoms with Crippen LogP contribution >= 0.6 is 0 Å². The van der Waals surface area contributed by atoms with Gasteiger partial charge in [0.1, 0.15) is 6.04 Å². The van der Waals surface area contributed by atoms with Crippen LogP contribution in [0.1, 0.15) is 50.0 Å². The minimum Gasteiger partial charge on any atom is -0.394 e. The zero-order chi connectivity index (χ0) is 17.9. The summed E-state index contributed by atoms with van der Waals surface area (Å²) in [5.74, 6) is -0.104. The Bertz CT molecular complexity index is 600. The van der Waals surface area contributed by atoms with Gasteiger partial charge in [-0.3, -0.25) is 9.59 Å². The zero-order valence-electron chi connectivity index (χ0n) is 15.0. The van der Waals surface area contributed by atoms with Crippen LogP contribution in [0.3, 0.4) is 0 Å². The summed E-state index contributed by atoms with van der Waals surface area (Å²) in [4.78, 5) is 27.3. The number of fused-ring (bicyclic) bond motifs is 1. The molecule has 0 aromatic heterocycles. The molecule has 3 atom stereocenters. The first-order chi connectivity index (χ1) is 11.4. The van der Waals surface area contributed by atoms with Crippen molar-refractivity contribution in [2.45, 2.75) is 52.7 Å². The van der Waals surface area contributed by atoms with Crippen LogP contribution < -0.4 is 5.32 Å². The van der Waals surface area contributed by atoms with E-state index in [1.807, 2.05) is 52.0 Å². The van der Waals surface area contributed by atoms with Gasteiger partial charge in [-0.2, -0.15) is 0 Å². The Balaban J connectivity index is 2.24. The third kappa shape index (κ3) is 3.61. The van der Waals surface area contributed by atoms with Crippen molar-refractivity contribution in [2.75, 3.05) is 6.61 Å². The summed E-state index contributed by atoms with van der Waals surface area (Å²) < 4.78 is 0. The highest BCUT2D eigenvalue weighted by atomic mass is 16.3. The lowest BCUT2D eigenvalue weighted by molar-refractivity contribution is -0.128. The number of hydrogen-bond acceptors (Lipinski definition) is 3. The minimum atomic E-state index is -0.525. The summed E-state index contributed by atoms with van der Waals surface area (Å²) in [6.45, 7) is 8.27. The van der Waals surface area contributed by atoms with E-state index in [0.29, 0.717) is 12.1 Å². The fourth-order valence-electron chi connectivity index (χ4n) is 3.12. The van der Waals surface area contributed by atoms with Gasteiger partial charge in [-0.25, -0.2) is 0 Å². The number of nitrogens with zero attached hydrogens (tertiary/aromatic N) is 1. The Hall–Kier alpha value is -1.88. The second kappa shape index (κ2) is 7.79. The highest BCUT2D eigenvalue weighted by molar-refractivity contribution is 6.01. The van der Waals surface area contributed by atoms with E-state index in [1.54, 1.807) is 4.90 Å². The monoisotopic (exact) mass is 332 g/mol. The summed E-state index contributed by atoms with van der Waals surface area (Å²) >= 11 is 0. The topological polar surface area (TPSA) is 69.6 Å². The third-order valence-corrected chi connectivity index (χ3v) is 4.97. The smallest absolute Gasteiger partial charge is 0.255 e. The van der Waals surface area contributed by atoms with E-state index < -0.39 is 6.04 Å². The first-order valence-electron chi connectivity index (χ1n) is 8.70. The lowest BCUT2D eigenvalue weighted by atomic mass is 9.95. The van der Waals surface area contributed by atoms with E-state index >= 15 is 0 Å². The standard InChI is InChI=1S/C19H28N2O3/c1-5-13(4)17(18(23)20-16(11-22)12(2)3)21-10-14-8-6-7-9-15(14)19(21)24/h6-9,12-13,16-17,22H,5,10-11H2,1-4H3,(H,20,23)/t13-,16+,17-/m0/s1. The Morgan fingerprint density at radius 2 is 1.96 bits per heavy atom. The van der Waals surface area contributed by atoms with Crippen molar-refractivity contribution >= 4 is 11.8 Å². The van der Waals surface area contributed by atoms with Crippen LogP contribution in [0.2, 0.25) is 0 Å². The van der Waals surface area contributed by atoms with E-state index in [4.69, 9.17) is 0 Å². The molecule has 2 N–H and O–H groups in total. The average molecular weight is 332 g/mol. The van der Waals surface area contributed by atoms with Crippen LogP contribution in [0, 0.1) is 11.8 Å². The molecule has 0 bridgehead atoms. The van der Waals surface area contributed by atoms with Crippen LogP contribution in [-0.2, 0) is 11.3 Å². The molecule has 24 heavy (non-hydrogen) atoms. The number of benzene rings is 1. The summed E-state index contributed by atoms with van der Waals surface area (Å²) in [7, 11) is 0. The van der Waals surface area contributed by atoms with Gasteiger partial charge in [-0.1, -0.05) is 52.3 Å². The molecule has 2 rings (SSSR count). The summed E-state index contributed by atoms with van der Waals surface area (Å²) in [5.41, 5.74) is 1.65. The second-order valence-corrected chi connectivity index (χ2v) is 6.96. The molecule has 2 amide bonds. The molecule has 5 nitrogen and oxygen atoms in total. The van der Waals surface area contributed by atoms with E-state index in [1.165, 1.54) is 0 Å². The molecule has 1 aromatic carbocycles. The van der Waals surface area contributed by atoms with Crippen LogP contribution in [0.5, 0.6) is 0 Å². The fraction of sp³-hybridized carbons (Fsp3) is 0.579. The first-order valence-corrected chi connectivity index (χ1v) is 8.70. The maximum absolute atomic E-state index is 12.9. The first kappa shape index (κ1) is 18.5. The highest BCUT2D eigenvalue weighted by Gasteiger charge is 2.39. The van der Waals surface area contributed by atoms with E-state index in [2.05, 4.69) is 5.32 Å². The average Bonchev–Trinajstić information content (AvgIpc) is 2.89. The number of rotatable bonds is 7. The summed E-state index contributed by atoms with van der Waals surface area (Å²) in [5, 5.41) is 12.4. The minimum absolute atomic E-state index is 0.0368. The zero-order valence-corrected chi connectivity index (χ0v) is 15.0. The predicted octanol–water partition coefficient (Wildman–Crippen LogP) is 2.19. The van der Waals surface area contributed by atoms with Crippen molar-refractivity contribution in [3.63, 3.8) is 0 Å². The van der Waals surface area contributed by atoms with Crippen LogP contribution in [-0.4, -0.2) is 40.5 Å². The van der Waals surface area contributed by atoms with Gasteiger partial charge in [-0.05, 0) is 23.5 Å². The van der Waals surface area contributed by atoms with Gasteiger partial charge >= 0.3 is 0 Å². The fourth-order valence-corrected chi connectivity index (χ4v) is 3.12. The van der Waals surface area contributed by atoms with Crippen LogP contribution in [0.25, 0.3) is 0 Å². The number of nitrogens with one attached hydrogen (secondary N) is 1. The molecule has 0 spiro atoms. The van der Waals surface area contributed by atoms with Gasteiger partial charge in [0.2, 0.25) is 5.91 Å². The van der Waals surface area contributed by atoms with Crippen molar-refractivity contribution in [1.82, 2.24) is 10.2 Å². The SMILES string of the molecule is CC[C@H](C)[C@@H](C(=O)N[C@H](CO)C(C)C)N1Cc2ccccc2C1=O.